The lowest BCUT2D eigenvalue weighted by molar-refractivity contribution is 0.0697. The monoisotopic (exact) mass is 418 g/mol. The van der Waals surface area contributed by atoms with Gasteiger partial charge in [0.25, 0.3) is 5.91 Å². The first kappa shape index (κ1) is 19.1. The van der Waals surface area contributed by atoms with E-state index in [4.69, 9.17) is 40.5 Å². The Morgan fingerprint density at radius 1 is 0.889 bits per heavy atom. The molecule has 0 spiro atoms. The Morgan fingerprint density at radius 2 is 1.59 bits per heavy atom. The van der Waals surface area contributed by atoms with Crippen LogP contribution in [0.3, 0.4) is 0 Å². The SMILES string of the molecule is O=C(O)c1cc(NC(=S)NC(=O)c2cccc3c(Cl)cccc23)ccc1Cl. The van der Waals surface area contributed by atoms with Gasteiger partial charge in [0.15, 0.2) is 5.11 Å². The van der Waals surface area contributed by atoms with Crippen LogP contribution in [0.4, 0.5) is 5.69 Å². The van der Waals surface area contributed by atoms with Gasteiger partial charge in [-0.2, -0.15) is 0 Å². The van der Waals surface area contributed by atoms with Crippen LogP contribution in [-0.4, -0.2) is 22.1 Å². The largest absolute Gasteiger partial charge is 0.478 e. The second-order valence-corrected chi connectivity index (χ2v) is 6.77. The Bertz CT molecular complexity index is 1090. The van der Waals surface area contributed by atoms with Crippen molar-refractivity contribution in [1.29, 1.82) is 0 Å². The number of carbonyl (C=O) groups excluding carboxylic acids is 1. The summed E-state index contributed by atoms with van der Waals surface area (Å²) in [5.74, 6) is -1.57. The second kappa shape index (κ2) is 7.92. The molecular weight excluding hydrogens is 407 g/mol. The highest BCUT2D eigenvalue weighted by Gasteiger charge is 2.14. The van der Waals surface area contributed by atoms with E-state index in [-0.39, 0.29) is 15.7 Å². The highest BCUT2D eigenvalue weighted by Crippen LogP contribution is 2.26. The Kier molecular flexibility index (Phi) is 5.60. The summed E-state index contributed by atoms with van der Waals surface area (Å²) in [6.45, 7) is 0. The summed E-state index contributed by atoms with van der Waals surface area (Å²) in [5.41, 5.74) is 0.740. The molecule has 0 aliphatic heterocycles. The Labute approximate surface area is 169 Å². The molecule has 0 saturated heterocycles. The van der Waals surface area contributed by atoms with E-state index in [1.54, 1.807) is 36.4 Å². The van der Waals surface area contributed by atoms with Gasteiger partial charge >= 0.3 is 5.97 Å². The fraction of sp³-hybridized carbons (Fsp3) is 0. The molecular formula is C19H12Cl2N2O3S. The van der Waals surface area contributed by atoms with Gasteiger partial charge in [-0.25, -0.2) is 4.79 Å². The van der Waals surface area contributed by atoms with Gasteiger partial charge in [0, 0.05) is 21.7 Å². The zero-order chi connectivity index (χ0) is 19.6. The summed E-state index contributed by atoms with van der Waals surface area (Å²) in [6.07, 6.45) is 0. The zero-order valence-electron chi connectivity index (χ0n) is 13.6. The average molecular weight is 419 g/mol. The maximum atomic E-state index is 12.6. The number of anilines is 1. The maximum absolute atomic E-state index is 12.6. The van der Waals surface area contributed by atoms with Crippen molar-refractivity contribution in [3.63, 3.8) is 0 Å². The van der Waals surface area contributed by atoms with Crippen LogP contribution in [0.2, 0.25) is 10.0 Å². The minimum Gasteiger partial charge on any atom is -0.478 e. The number of rotatable bonds is 3. The number of fused-ring (bicyclic) bond motifs is 1. The van der Waals surface area contributed by atoms with Crippen molar-refractivity contribution in [3.8, 4) is 0 Å². The number of benzene rings is 3. The van der Waals surface area contributed by atoms with Crippen LogP contribution in [0.1, 0.15) is 20.7 Å². The predicted octanol–water partition coefficient (Wildman–Crippen LogP) is 4.97. The molecule has 8 heteroatoms. The van der Waals surface area contributed by atoms with Crippen molar-refractivity contribution >= 4 is 68.9 Å². The third-order valence-corrected chi connectivity index (χ3v) is 4.66. The van der Waals surface area contributed by atoms with Gasteiger partial charge < -0.3 is 10.4 Å². The summed E-state index contributed by atoms with van der Waals surface area (Å²) in [5, 5.41) is 16.6. The molecule has 3 rings (SSSR count). The van der Waals surface area contributed by atoms with E-state index in [9.17, 15) is 9.59 Å². The standard InChI is InChI=1S/C19H12Cl2N2O3S/c20-15-6-2-3-11-12(15)4-1-5-13(11)17(24)23-19(27)22-10-7-8-16(21)14(9-10)18(25)26/h1-9H,(H,25,26)(H2,22,23,24,27). The van der Waals surface area contributed by atoms with Crippen molar-refractivity contribution in [3.05, 3.63) is 75.8 Å². The second-order valence-electron chi connectivity index (χ2n) is 5.55. The minimum atomic E-state index is -1.16. The van der Waals surface area contributed by atoms with E-state index >= 15 is 0 Å². The van der Waals surface area contributed by atoms with Gasteiger partial charge in [0.1, 0.15) is 0 Å². The first-order valence-corrected chi connectivity index (χ1v) is 8.85. The number of hydrogen-bond donors (Lipinski definition) is 3. The van der Waals surface area contributed by atoms with Crippen molar-refractivity contribution in [1.82, 2.24) is 5.32 Å². The molecule has 27 heavy (non-hydrogen) atoms. The fourth-order valence-corrected chi connectivity index (χ4v) is 3.22. The van der Waals surface area contributed by atoms with E-state index in [0.29, 0.717) is 21.7 Å². The molecule has 0 fully saturated rings. The topological polar surface area (TPSA) is 78.4 Å². The summed E-state index contributed by atoms with van der Waals surface area (Å²) < 4.78 is 0. The molecule has 0 aliphatic rings. The summed E-state index contributed by atoms with van der Waals surface area (Å²) in [6, 6.07) is 14.9. The molecule has 136 valence electrons. The minimum absolute atomic E-state index is 0.0256. The van der Waals surface area contributed by atoms with E-state index in [1.807, 2.05) is 6.07 Å². The molecule has 3 N–H and O–H groups in total. The number of halogens is 2. The van der Waals surface area contributed by atoms with Crippen LogP contribution in [0, 0.1) is 0 Å². The van der Waals surface area contributed by atoms with Crippen molar-refractivity contribution < 1.29 is 14.7 Å². The van der Waals surface area contributed by atoms with Crippen LogP contribution in [0.25, 0.3) is 10.8 Å². The van der Waals surface area contributed by atoms with Crippen molar-refractivity contribution in [2.24, 2.45) is 0 Å². The molecule has 1 amide bonds. The lowest BCUT2D eigenvalue weighted by Crippen LogP contribution is -2.34. The molecule has 0 aliphatic carbocycles. The van der Waals surface area contributed by atoms with Crippen molar-refractivity contribution in [2.45, 2.75) is 0 Å². The quantitative estimate of drug-likeness (QED) is 0.523. The smallest absolute Gasteiger partial charge is 0.337 e. The predicted molar refractivity (Wildman–Crippen MR) is 111 cm³/mol. The maximum Gasteiger partial charge on any atom is 0.337 e. The van der Waals surface area contributed by atoms with E-state index in [0.717, 1.165) is 5.39 Å². The molecule has 0 atom stereocenters. The van der Waals surface area contributed by atoms with E-state index in [1.165, 1.54) is 12.1 Å². The average Bonchev–Trinajstić information content (AvgIpc) is 2.63. The molecule has 0 heterocycles. The van der Waals surface area contributed by atoms with Crippen LogP contribution in [0.5, 0.6) is 0 Å². The van der Waals surface area contributed by atoms with Gasteiger partial charge in [0.05, 0.1) is 10.6 Å². The summed E-state index contributed by atoms with van der Waals surface area (Å²) >= 11 is 17.2. The van der Waals surface area contributed by atoms with Gasteiger partial charge in [-0.15, -0.1) is 0 Å². The number of carboxylic acids is 1. The van der Waals surface area contributed by atoms with E-state index < -0.39 is 11.9 Å². The Balaban J connectivity index is 1.79. The van der Waals surface area contributed by atoms with Crippen LogP contribution in [-0.2, 0) is 0 Å². The number of carbonyl (C=O) groups is 2. The van der Waals surface area contributed by atoms with Crippen LogP contribution >= 0.6 is 35.4 Å². The number of hydrogen-bond acceptors (Lipinski definition) is 3. The number of amides is 1. The molecule has 3 aromatic rings. The molecule has 5 nitrogen and oxygen atoms in total. The highest BCUT2D eigenvalue weighted by atomic mass is 35.5. The van der Waals surface area contributed by atoms with Gasteiger partial charge in [-0.05, 0) is 47.9 Å². The molecule has 0 aromatic heterocycles. The van der Waals surface area contributed by atoms with Gasteiger partial charge in [0.2, 0.25) is 0 Å². The lowest BCUT2D eigenvalue weighted by atomic mass is 10.0. The molecule has 0 saturated carbocycles. The number of aromatic carboxylic acids is 1. The number of carboxylic acid groups (broad SMARTS) is 1. The lowest BCUT2D eigenvalue weighted by Gasteiger charge is -2.12. The third-order valence-electron chi connectivity index (χ3n) is 3.80. The molecule has 0 radical (unpaired) electrons. The number of nitrogens with one attached hydrogen (secondary N) is 2. The highest BCUT2D eigenvalue weighted by molar-refractivity contribution is 7.80. The Morgan fingerprint density at radius 3 is 2.33 bits per heavy atom. The first-order chi connectivity index (χ1) is 12.9. The Hall–Kier alpha value is -2.67. The summed E-state index contributed by atoms with van der Waals surface area (Å²) in [7, 11) is 0. The zero-order valence-corrected chi connectivity index (χ0v) is 16.0. The van der Waals surface area contributed by atoms with Crippen LogP contribution in [0.15, 0.2) is 54.6 Å². The van der Waals surface area contributed by atoms with E-state index in [2.05, 4.69) is 10.6 Å². The molecule has 3 aromatic carbocycles. The molecule has 0 unspecified atom stereocenters. The number of thiocarbonyl (C=S) groups is 1. The first-order valence-electron chi connectivity index (χ1n) is 7.69. The third kappa shape index (κ3) is 4.19. The molecule has 0 bridgehead atoms. The van der Waals surface area contributed by atoms with Gasteiger partial charge in [-0.3, -0.25) is 10.1 Å². The fourth-order valence-electron chi connectivity index (χ4n) is 2.57. The van der Waals surface area contributed by atoms with Crippen LogP contribution < -0.4 is 10.6 Å². The van der Waals surface area contributed by atoms with Crippen molar-refractivity contribution in [2.75, 3.05) is 5.32 Å². The summed E-state index contributed by atoms with van der Waals surface area (Å²) in [4.78, 5) is 23.8. The normalized spacial score (nSPS) is 10.4. The van der Waals surface area contributed by atoms with Gasteiger partial charge in [-0.1, -0.05) is 47.5 Å².